The number of carbonyl (C=O) groups is 1. The maximum Gasteiger partial charge on any atom is 0.258 e. The van der Waals surface area contributed by atoms with Gasteiger partial charge >= 0.3 is 0 Å². The van der Waals surface area contributed by atoms with Crippen molar-refractivity contribution in [2.24, 2.45) is 0 Å². The van der Waals surface area contributed by atoms with Crippen molar-refractivity contribution in [2.45, 2.75) is 32.4 Å². The number of rotatable bonds is 5. The van der Waals surface area contributed by atoms with Crippen LogP contribution in [0.4, 0.5) is 5.69 Å². The minimum Gasteiger partial charge on any atom is -0.389 e. The molecule has 0 fully saturated rings. The van der Waals surface area contributed by atoms with Crippen molar-refractivity contribution in [1.29, 1.82) is 0 Å². The van der Waals surface area contributed by atoms with Crippen LogP contribution >= 0.6 is 11.3 Å². The third-order valence-electron chi connectivity index (χ3n) is 4.76. The molecule has 0 bridgehead atoms. The zero-order valence-corrected chi connectivity index (χ0v) is 17.1. The Morgan fingerprint density at radius 2 is 1.83 bits per heavy atom. The van der Waals surface area contributed by atoms with Gasteiger partial charge in [-0.2, -0.15) is 0 Å². The fourth-order valence-electron chi connectivity index (χ4n) is 3.51. The van der Waals surface area contributed by atoms with E-state index in [-0.39, 0.29) is 24.4 Å². The lowest BCUT2D eigenvalue weighted by Crippen LogP contribution is -2.32. The predicted molar refractivity (Wildman–Crippen MR) is 119 cm³/mol. The average Bonchev–Trinajstić information content (AvgIpc) is 3.06. The number of carbonyl (C=O) groups excluding carboxylic acids is 1. The molecule has 2 heterocycles. The molecule has 0 atom stereocenters. The number of aliphatic hydroxyl groups is 1. The standard InChI is InChI=1S/C23H22N2O3S/c1-23(2,28)14-25-11-10-17-18(22(25)27)7-5-8-19(17)24-21(26)12-15-13-29-20-9-4-3-6-16(15)20/h3-11,13,28H,12,14H2,1-2H3,(H,24,26). The summed E-state index contributed by atoms with van der Waals surface area (Å²) in [7, 11) is 0. The molecule has 4 rings (SSSR count). The normalized spacial score (nSPS) is 11.8. The van der Waals surface area contributed by atoms with E-state index >= 15 is 0 Å². The molecule has 2 aromatic heterocycles. The number of nitrogens with one attached hydrogen (secondary N) is 1. The Bertz CT molecular complexity index is 1260. The van der Waals surface area contributed by atoms with Crippen molar-refractivity contribution in [3.63, 3.8) is 0 Å². The fraction of sp³-hybridized carbons (Fsp3) is 0.217. The number of thiophene rings is 1. The summed E-state index contributed by atoms with van der Waals surface area (Å²) in [4.78, 5) is 25.5. The van der Waals surface area contributed by atoms with Gasteiger partial charge in [0.2, 0.25) is 5.91 Å². The molecule has 0 radical (unpaired) electrons. The third kappa shape index (κ3) is 4.09. The van der Waals surface area contributed by atoms with Crippen LogP contribution in [0.2, 0.25) is 0 Å². The first-order chi connectivity index (χ1) is 13.8. The number of amides is 1. The van der Waals surface area contributed by atoms with Crippen molar-refractivity contribution in [3.8, 4) is 0 Å². The maximum atomic E-state index is 12.8. The van der Waals surface area contributed by atoms with Crippen LogP contribution in [0.5, 0.6) is 0 Å². The molecule has 0 saturated heterocycles. The first-order valence-corrected chi connectivity index (χ1v) is 10.3. The molecule has 2 N–H and O–H groups in total. The SMILES string of the molecule is CC(C)(O)Cn1ccc2c(NC(=O)Cc3csc4ccccc34)cccc2c1=O. The lowest BCUT2D eigenvalue weighted by Gasteiger charge is -2.19. The summed E-state index contributed by atoms with van der Waals surface area (Å²) in [5.41, 5.74) is 0.423. The summed E-state index contributed by atoms with van der Waals surface area (Å²) in [5, 5.41) is 17.3. The van der Waals surface area contributed by atoms with Gasteiger partial charge in [0.05, 0.1) is 18.6 Å². The van der Waals surface area contributed by atoms with Crippen molar-refractivity contribution >= 4 is 43.8 Å². The number of pyridine rings is 1. The highest BCUT2D eigenvalue weighted by Crippen LogP contribution is 2.27. The van der Waals surface area contributed by atoms with Crippen LogP contribution in [-0.4, -0.2) is 21.2 Å². The van der Waals surface area contributed by atoms with E-state index in [4.69, 9.17) is 0 Å². The highest BCUT2D eigenvalue weighted by atomic mass is 32.1. The Morgan fingerprint density at radius 1 is 1.07 bits per heavy atom. The monoisotopic (exact) mass is 406 g/mol. The number of fused-ring (bicyclic) bond motifs is 2. The molecule has 6 heteroatoms. The number of anilines is 1. The molecule has 1 amide bonds. The maximum absolute atomic E-state index is 12.8. The van der Waals surface area contributed by atoms with E-state index < -0.39 is 5.60 Å². The second-order valence-corrected chi connectivity index (χ2v) is 8.72. The Labute approximate surface area is 172 Å². The van der Waals surface area contributed by atoms with E-state index in [0.717, 1.165) is 15.6 Å². The van der Waals surface area contributed by atoms with Gasteiger partial charge in [-0.25, -0.2) is 0 Å². The molecule has 148 valence electrons. The van der Waals surface area contributed by atoms with Gasteiger partial charge in [-0.05, 0) is 54.4 Å². The van der Waals surface area contributed by atoms with Gasteiger partial charge in [0.15, 0.2) is 0 Å². The molecule has 0 aliphatic rings. The van der Waals surface area contributed by atoms with Crippen LogP contribution in [0.1, 0.15) is 19.4 Å². The second kappa shape index (κ2) is 7.46. The second-order valence-electron chi connectivity index (χ2n) is 7.81. The van der Waals surface area contributed by atoms with E-state index in [0.29, 0.717) is 16.5 Å². The molecular weight excluding hydrogens is 384 g/mol. The summed E-state index contributed by atoms with van der Waals surface area (Å²) in [5.74, 6) is -0.123. The van der Waals surface area contributed by atoms with Crippen LogP contribution in [0.3, 0.4) is 0 Å². The molecule has 0 unspecified atom stereocenters. The highest BCUT2D eigenvalue weighted by Gasteiger charge is 2.16. The Balaban J connectivity index is 1.61. The smallest absolute Gasteiger partial charge is 0.258 e. The third-order valence-corrected chi connectivity index (χ3v) is 5.77. The number of hydrogen-bond donors (Lipinski definition) is 2. The number of aromatic nitrogens is 1. The molecule has 4 aromatic rings. The molecule has 5 nitrogen and oxygen atoms in total. The van der Waals surface area contributed by atoms with Crippen LogP contribution in [0, 0.1) is 0 Å². The Kier molecular flexibility index (Phi) is 4.98. The minimum atomic E-state index is -0.993. The van der Waals surface area contributed by atoms with Gasteiger partial charge < -0.3 is 15.0 Å². The van der Waals surface area contributed by atoms with Gasteiger partial charge in [-0.15, -0.1) is 11.3 Å². The van der Waals surface area contributed by atoms with E-state index in [9.17, 15) is 14.7 Å². The summed E-state index contributed by atoms with van der Waals surface area (Å²) in [6, 6.07) is 15.1. The molecule has 0 saturated carbocycles. The van der Waals surface area contributed by atoms with Crippen LogP contribution in [-0.2, 0) is 17.8 Å². The largest absolute Gasteiger partial charge is 0.389 e. The Morgan fingerprint density at radius 3 is 2.62 bits per heavy atom. The van der Waals surface area contributed by atoms with Crippen LogP contribution in [0.15, 0.2) is 64.9 Å². The van der Waals surface area contributed by atoms with Crippen molar-refractivity contribution in [2.75, 3.05) is 5.32 Å². The summed E-state index contributed by atoms with van der Waals surface area (Å²) in [6.45, 7) is 3.52. The molecule has 2 aromatic carbocycles. The zero-order valence-electron chi connectivity index (χ0n) is 16.3. The first-order valence-electron chi connectivity index (χ1n) is 9.41. The van der Waals surface area contributed by atoms with Gasteiger partial charge in [-0.3, -0.25) is 9.59 Å². The van der Waals surface area contributed by atoms with Crippen LogP contribution < -0.4 is 10.9 Å². The summed E-state index contributed by atoms with van der Waals surface area (Å²) in [6.07, 6.45) is 1.93. The van der Waals surface area contributed by atoms with E-state index in [1.54, 1.807) is 55.6 Å². The van der Waals surface area contributed by atoms with E-state index in [1.165, 1.54) is 4.57 Å². The number of benzene rings is 2. The van der Waals surface area contributed by atoms with Gasteiger partial charge in [0.25, 0.3) is 5.56 Å². The lowest BCUT2D eigenvalue weighted by atomic mass is 10.1. The van der Waals surface area contributed by atoms with Gasteiger partial charge in [0, 0.05) is 27.4 Å². The summed E-state index contributed by atoms with van der Waals surface area (Å²) < 4.78 is 2.65. The Hall–Kier alpha value is -2.96. The molecule has 0 spiro atoms. The van der Waals surface area contributed by atoms with E-state index in [1.807, 2.05) is 29.6 Å². The predicted octanol–water partition coefficient (Wildman–Crippen LogP) is 4.17. The molecular formula is C23H22N2O3S. The molecule has 29 heavy (non-hydrogen) atoms. The number of nitrogens with zero attached hydrogens (tertiary/aromatic N) is 1. The van der Waals surface area contributed by atoms with Crippen molar-refractivity contribution < 1.29 is 9.90 Å². The highest BCUT2D eigenvalue weighted by molar-refractivity contribution is 7.17. The van der Waals surface area contributed by atoms with Crippen LogP contribution in [0.25, 0.3) is 20.9 Å². The van der Waals surface area contributed by atoms with Crippen molar-refractivity contribution in [3.05, 3.63) is 76.0 Å². The van der Waals surface area contributed by atoms with E-state index in [2.05, 4.69) is 5.32 Å². The zero-order chi connectivity index (χ0) is 20.6. The first kappa shape index (κ1) is 19.4. The average molecular weight is 407 g/mol. The summed E-state index contributed by atoms with van der Waals surface area (Å²) >= 11 is 1.63. The fourth-order valence-corrected chi connectivity index (χ4v) is 4.47. The quantitative estimate of drug-likeness (QED) is 0.523. The van der Waals surface area contributed by atoms with Crippen molar-refractivity contribution in [1.82, 2.24) is 4.57 Å². The number of hydrogen-bond acceptors (Lipinski definition) is 4. The van der Waals surface area contributed by atoms with Gasteiger partial charge in [-0.1, -0.05) is 24.3 Å². The topological polar surface area (TPSA) is 71.3 Å². The minimum absolute atomic E-state index is 0.123. The molecule has 0 aliphatic carbocycles. The molecule has 0 aliphatic heterocycles. The van der Waals surface area contributed by atoms with Gasteiger partial charge in [0.1, 0.15) is 0 Å². The lowest BCUT2D eigenvalue weighted by molar-refractivity contribution is -0.115.